The van der Waals surface area contributed by atoms with Crippen molar-refractivity contribution in [3.8, 4) is 17.6 Å². The first kappa shape index (κ1) is 16.5. The molecule has 0 spiro atoms. The maximum absolute atomic E-state index is 9.71. The van der Waals surface area contributed by atoms with Crippen molar-refractivity contribution >= 4 is 0 Å². The number of ether oxygens (including phenoxy) is 1. The van der Waals surface area contributed by atoms with Crippen LogP contribution >= 0.6 is 0 Å². The number of nitrogens with zero attached hydrogens (tertiary/aromatic N) is 1. The fourth-order valence-corrected chi connectivity index (χ4v) is 1.86. The Kier molecular flexibility index (Phi) is 6.53. The minimum atomic E-state index is -0.700. The van der Waals surface area contributed by atoms with Gasteiger partial charge in [0.25, 0.3) is 0 Å². The standard InChI is InChI=1S/C16H23NO3/c1-16(2,19)13-17(3)9-11-20-15-8-4-6-14(12-15)7-5-10-18/h4,6,8,12,18-19H,9-11,13H2,1-3H3. The van der Waals surface area contributed by atoms with Crippen molar-refractivity contribution < 1.29 is 14.9 Å². The topological polar surface area (TPSA) is 52.9 Å². The Labute approximate surface area is 121 Å². The van der Waals surface area contributed by atoms with E-state index in [1.165, 1.54) is 0 Å². The van der Waals surface area contributed by atoms with Gasteiger partial charge in [0.05, 0.1) is 5.60 Å². The number of hydrogen-bond donors (Lipinski definition) is 2. The van der Waals surface area contributed by atoms with E-state index in [0.717, 1.165) is 17.9 Å². The van der Waals surface area contributed by atoms with Crippen LogP contribution in [-0.2, 0) is 0 Å². The average Bonchev–Trinajstić information content (AvgIpc) is 2.34. The van der Waals surface area contributed by atoms with Gasteiger partial charge in [-0.2, -0.15) is 0 Å². The lowest BCUT2D eigenvalue weighted by atomic mass is 10.1. The van der Waals surface area contributed by atoms with E-state index in [9.17, 15) is 5.11 Å². The molecule has 110 valence electrons. The molecule has 0 radical (unpaired) electrons. The van der Waals surface area contributed by atoms with E-state index in [0.29, 0.717) is 13.2 Å². The highest BCUT2D eigenvalue weighted by Gasteiger charge is 2.15. The van der Waals surface area contributed by atoms with Crippen molar-refractivity contribution in [2.75, 3.05) is 33.4 Å². The molecule has 0 heterocycles. The third-order valence-corrected chi connectivity index (χ3v) is 2.54. The van der Waals surface area contributed by atoms with Gasteiger partial charge in [-0.1, -0.05) is 17.9 Å². The van der Waals surface area contributed by atoms with Gasteiger partial charge in [-0.25, -0.2) is 0 Å². The first-order valence-corrected chi connectivity index (χ1v) is 6.64. The number of rotatable bonds is 6. The molecule has 4 nitrogen and oxygen atoms in total. The summed E-state index contributed by atoms with van der Waals surface area (Å²) in [6.45, 7) is 5.30. The van der Waals surface area contributed by atoms with Crippen LogP contribution in [0.1, 0.15) is 19.4 Å². The molecule has 0 aromatic heterocycles. The van der Waals surface area contributed by atoms with Crippen molar-refractivity contribution in [1.29, 1.82) is 0 Å². The van der Waals surface area contributed by atoms with Crippen LogP contribution in [0.4, 0.5) is 0 Å². The fraction of sp³-hybridized carbons (Fsp3) is 0.500. The van der Waals surface area contributed by atoms with Crippen LogP contribution in [0.5, 0.6) is 5.75 Å². The quantitative estimate of drug-likeness (QED) is 0.765. The molecule has 0 aliphatic carbocycles. The van der Waals surface area contributed by atoms with Crippen molar-refractivity contribution in [3.63, 3.8) is 0 Å². The molecule has 20 heavy (non-hydrogen) atoms. The van der Waals surface area contributed by atoms with E-state index in [1.807, 2.05) is 36.2 Å². The van der Waals surface area contributed by atoms with E-state index >= 15 is 0 Å². The van der Waals surface area contributed by atoms with Gasteiger partial charge in [-0.3, -0.25) is 0 Å². The minimum Gasteiger partial charge on any atom is -0.492 e. The Balaban J connectivity index is 2.42. The van der Waals surface area contributed by atoms with Crippen molar-refractivity contribution in [2.24, 2.45) is 0 Å². The van der Waals surface area contributed by atoms with Crippen LogP contribution in [0.3, 0.4) is 0 Å². The molecule has 0 bridgehead atoms. The average molecular weight is 277 g/mol. The smallest absolute Gasteiger partial charge is 0.120 e. The highest BCUT2D eigenvalue weighted by molar-refractivity contribution is 5.39. The lowest BCUT2D eigenvalue weighted by molar-refractivity contribution is 0.0411. The molecule has 0 atom stereocenters. The lowest BCUT2D eigenvalue weighted by Gasteiger charge is -2.25. The molecule has 4 heteroatoms. The van der Waals surface area contributed by atoms with Crippen molar-refractivity contribution in [2.45, 2.75) is 19.4 Å². The van der Waals surface area contributed by atoms with Gasteiger partial charge >= 0.3 is 0 Å². The molecular formula is C16H23NO3. The molecule has 0 unspecified atom stereocenters. The SMILES string of the molecule is CN(CCOc1cccc(C#CCO)c1)CC(C)(C)O. The van der Waals surface area contributed by atoms with Crippen LogP contribution in [0.25, 0.3) is 0 Å². The predicted molar refractivity (Wildman–Crippen MR) is 79.7 cm³/mol. The third kappa shape index (κ3) is 7.15. The maximum Gasteiger partial charge on any atom is 0.120 e. The Bertz CT molecular complexity index is 469. The van der Waals surface area contributed by atoms with E-state index in [2.05, 4.69) is 11.8 Å². The summed E-state index contributed by atoms with van der Waals surface area (Å²) in [4.78, 5) is 2.02. The van der Waals surface area contributed by atoms with Gasteiger partial charge in [0.2, 0.25) is 0 Å². The van der Waals surface area contributed by atoms with Gasteiger partial charge in [-0.05, 0) is 39.1 Å². The van der Waals surface area contributed by atoms with Gasteiger partial charge in [-0.15, -0.1) is 0 Å². The first-order valence-electron chi connectivity index (χ1n) is 6.64. The molecule has 1 aromatic carbocycles. The van der Waals surface area contributed by atoms with Gasteiger partial charge < -0.3 is 19.8 Å². The second-order valence-electron chi connectivity index (χ2n) is 5.39. The predicted octanol–water partition coefficient (Wildman–Crippen LogP) is 1.11. The fourth-order valence-electron chi connectivity index (χ4n) is 1.86. The summed E-state index contributed by atoms with van der Waals surface area (Å²) >= 11 is 0. The van der Waals surface area contributed by atoms with Gasteiger partial charge in [0.15, 0.2) is 0 Å². The van der Waals surface area contributed by atoms with Crippen LogP contribution in [0, 0.1) is 11.8 Å². The monoisotopic (exact) mass is 277 g/mol. The summed E-state index contributed by atoms with van der Waals surface area (Å²) in [7, 11) is 1.95. The second-order valence-corrected chi connectivity index (χ2v) is 5.39. The highest BCUT2D eigenvalue weighted by atomic mass is 16.5. The zero-order valence-electron chi connectivity index (χ0n) is 12.4. The van der Waals surface area contributed by atoms with Gasteiger partial charge in [0, 0.05) is 18.7 Å². The van der Waals surface area contributed by atoms with Crippen LogP contribution < -0.4 is 4.74 Å². The molecule has 0 aliphatic rings. The molecule has 0 aliphatic heterocycles. The molecular weight excluding hydrogens is 254 g/mol. The normalized spacial score (nSPS) is 11.1. The number of benzene rings is 1. The number of hydrogen-bond acceptors (Lipinski definition) is 4. The van der Waals surface area contributed by atoms with Crippen LogP contribution in [0.15, 0.2) is 24.3 Å². The molecule has 0 fully saturated rings. The van der Waals surface area contributed by atoms with E-state index < -0.39 is 5.60 Å². The second kappa shape index (κ2) is 7.91. The Morgan fingerprint density at radius 1 is 1.35 bits per heavy atom. The Morgan fingerprint density at radius 2 is 2.10 bits per heavy atom. The first-order chi connectivity index (χ1) is 9.40. The molecule has 0 saturated heterocycles. The van der Waals surface area contributed by atoms with Gasteiger partial charge in [0.1, 0.15) is 19.0 Å². The zero-order valence-corrected chi connectivity index (χ0v) is 12.4. The Morgan fingerprint density at radius 3 is 2.75 bits per heavy atom. The summed E-state index contributed by atoms with van der Waals surface area (Å²) < 4.78 is 5.66. The lowest BCUT2D eigenvalue weighted by Crippen LogP contribution is -2.38. The van der Waals surface area contributed by atoms with Crippen molar-refractivity contribution in [3.05, 3.63) is 29.8 Å². The largest absolute Gasteiger partial charge is 0.492 e. The highest BCUT2D eigenvalue weighted by Crippen LogP contribution is 2.12. The van der Waals surface area contributed by atoms with Crippen molar-refractivity contribution in [1.82, 2.24) is 4.90 Å². The summed E-state index contributed by atoms with van der Waals surface area (Å²) in [5.74, 6) is 6.20. The van der Waals surface area contributed by atoms with E-state index in [-0.39, 0.29) is 6.61 Å². The van der Waals surface area contributed by atoms with Crippen LogP contribution in [-0.4, -0.2) is 54.1 Å². The van der Waals surface area contributed by atoms with E-state index in [1.54, 1.807) is 13.8 Å². The summed E-state index contributed by atoms with van der Waals surface area (Å²) in [5.41, 5.74) is 0.121. The number of aliphatic hydroxyl groups excluding tert-OH is 1. The number of likely N-dealkylation sites (N-methyl/N-ethyl adjacent to an activating group) is 1. The van der Waals surface area contributed by atoms with Crippen LogP contribution in [0.2, 0.25) is 0 Å². The summed E-state index contributed by atoms with van der Waals surface area (Å²) in [5, 5.41) is 18.4. The molecule has 1 rings (SSSR count). The summed E-state index contributed by atoms with van der Waals surface area (Å²) in [6.07, 6.45) is 0. The minimum absolute atomic E-state index is 0.146. The van der Waals surface area contributed by atoms with E-state index in [4.69, 9.17) is 9.84 Å². The number of aliphatic hydroxyl groups is 2. The third-order valence-electron chi connectivity index (χ3n) is 2.54. The molecule has 0 saturated carbocycles. The molecule has 2 N–H and O–H groups in total. The molecule has 1 aromatic rings. The summed E-state index contributed by atoms with van der Waals surface area (Å²) in [6, 6.07) is 7.46. The molecule has 0 amide bonds. The zero-order chi connectivity index (χ0) is 15.0. The maximum atomic E-state index is 9.71. The Hall–Kier alpha value is -1.54.